The van der Waals surface area contributed by atoms with E-state index in [-0.39, 0.29) is 13.0 Å². The minimum atomic E-state index is -2.63. The Bertz CT molecular complexity index is 1920. The van der Waals surface area contributed by atoms with Crippen LogP contribution in [-0.2, 0) is 6.54 Å². The van der Waals surface area contributed by atoms with Gasteiger partial charge in [-0.25, -0.2) is 18.2 Å². The van der Waals surface area contributed by atoms with E-state index < -0.39 is 11.7 Å². The number of ether oxygens (including phenoxy) is 1. The van der Waals surface area contributed by atoms with Crippen LogP contribution in [0.3, 0.4) is 0 Å². The summed E-state index contributed by atoms with van der Waals surface area (Å²) in [7, 11) is 1.48. The molecule has 8 nitrogen and oxygen atoms in total. The highest BCUT2D eigenvalue weighted by atomic mass is 19.3. The first-order valence-corrected chi connectivity index (χ1v) is 13.1. The molecular weight excluding hydrogens is 531 g/mol. The number of fused-ring (bicyclic) bond motifs is 2. The number of halogens is 3. The fourth-order valence-electron chi connectivity index (χ4n) is 5.38. The summed E-state index contributed by atoms with van der Waals surface area (Å²) in [5.41, 5.74) is 6.46. The molecule has 0 aliphatic carbocycles. The fourth-order valence-corrected chi connectivity index (χ4v) is 5.38. The standard InChI is InChI=1S/C30H24F3N7O/c1-41-22-10-19(9-21(31)12-22)26-28-25(4-6-35-26)36-29(37-28)27-23-11-18(2-3-24(23)38-39-27)20-8-17(13-34-14-20)15-40-7-5-30(32,33)16-40/h2-4,6,8-14H,5,7,15-16H2,1H3,(H,36,37)(H,38,39). The normalized spacial score (nSPS) is 15.2. The van der Waals surface area contributed by atoms with E-state index in [0.717, 1.165) is 33.1 Å². The van der Waals surface area contributed by atoms with Crippen LogP contribution < -0.4 is 4.74 Å². The van der Waals surface area contributed by atoms with Crippen molar-refractivity contribution in [2.45, 2.75) is 18.9 Å². The van der Waals surface area contributed by atoms with Crippen LogP contribution >= 0.6 is 0 Å². The molecule has 0 saturated carbocycles. The van der Waals surface area contributed by atoms with Crippen molar-refractivity contribution >= 4 is 21.9 Å². The van der Waals surface area contributed by atoms with E-state index >= 15 is 0 Å². The minimum absolute atomic E-state index is 0.115. The molecular formula is C30H24F3N7O. The molecule has 6 aromatic rings. The third-order valence-electron chi connectivity index (χ3n) is 7.35. The van der Waals surface area contributed by atoms with Gasteiger partial charge in [0.1, 0.15) is 22.8 Å². The van der Waals surface area contributed by atoms with Crippen molar-refractivity contribution in [3.05, 3.63) is 78.5 Å². The maximum Gasteiger partial charge on any atom is 0.261 e. The van der Waals surface area contributed by atoms with Crippen molar-refractivity contribution < 1.29 is 17.9 Å². The summed E-state index contributed by atoms with van der Waals surface area (Å²) in [5.74, 6) is -2.15. The SMILES string of the molecule is COc1cc(F)cc(-c2nccc3[nH]c(-c4n[nH]c5ccc(-c6cncc(CN7CCC(F)(F)C7)c6)cc45)nc23)c1. The predicted molar refractivity (Wildman–Crippen MR) is 149 cm³/mol. The van der Waals surface area contributed by atoms with Gasteiger partial charge in [-0.3, -0.25) is 20.0 Å². The Labute approximate surface area is 232 Å². The summed E-state index contributed by atoms with van der Waals surface area (Å²) in [4.78, 5) is 18.7. The molecule has 0 radical (unpaired) electrons. The van der Waals surface area contributed by atoms with E-state index in [1.54, 1.807) is 35.6 Å². The highest BCUT2D eigenvalue weighted by molar-refractivity contribution is 5.97. The number of methoxy groups -OCH3 is 1. The Morgan fingerprint density at radius 1 is 0.976 bits per heavy atom. The molecule has 1 fully saturated rings. The zero-order valence-corrected chi connectivity index (χ0v) is 22.0. The molecule has 1 saturated heterocycles. The Morgan fingerprint density at radius 3 is 2.71 bits per heavy atom. The first kappa shape index (κ1) is 25.2. The maximum atomic E-state index is 14.3. The molecule has 4 aromatic heterocycles. The molecule has 0 unspecified atom stereocenters. The van der Waals surface area contributed by atoms with Crippen molar-refractivity contribution in [2.75, 3.05) is 20.2 Å². The highest BCUT2D eigenvalue weighted by Gasteiger charge is 2.37. The summed E-state index contributed by atoms with van der Waals surface area (Å²) in [6, 6.07) is 14.1. The van der Waals surface area contributed by atoms with Crippen molar-refractivity contribution in [3.8, 4) is 39.7 Å². The number of hydrogen-bond acceptors (Lipinski definition) is 6. The lowest BCUT2D eigenvalue weighted by atomic mass is 10.0. The Balaban J connectivity index is 1.25. The van der Waals surface area contributed by atoms with Crippen molar-refractivity contribution in [1.82, 2.24) is 35.0 Å². The van der Waals surface area contributed by atoms with E-state index in [4.69, 9.17) is 9.72 Å². The highest BCUT2D eigenvalue weighted by Crippen LogP contribution is 2.34. The lowest BCUT2D eigenvalue weighted by Gasteiger charge is -2.15. The van der Waals surface area contributed by atoms with Crippen LogP contribution in [0.5, 0.6) is 5.75 Å². The van der Waals surface area contributed by atoms with Crippen LogP contribution in [0, 0.1) is 5.82 Å². The first-order chi connectivity index (χ1) is 19.8. The van der Waals surface area contributed by atoms with Gasteiger partial charge < -0.3 is 9.72 Å². The van der Waals surface area contributed by atoms with Gasteiger partial charge in [0.25, 0.3) is 5.92 Å². The van der Waals surface area contributed by atoms with Gasteiger partial charge in [-0.05, 0) is 47.5 Å². The molecule has 2 aromatic carbocycles. The van der Waals surface area contributed by atoms with E-state index in [2.05, 4.69) is 25.1 Å². The largest absolute Gasteiger partial charge is 0.497 e. The zero-order chi connectivity index (χ0) is 28.1. The van der Waals surface area contributed by atoms with Crippen molar-refractivity contribution in [1.29, 1.82) is 0 Å². The second-order valence-electron chi connectivity index (χ2n) is 10.3. The molecule has 7 rings (SSSR count). The number of aromatic amines is 2. The van der Waals surface area contributed by atoms with Crippen LogP contribution in [0.25, 0.3) is 55.8 Å². The topological polar surface area (TPSA) is 95.6 Å². The number of nitrogens with zero attached hydrogens (tertiary/aromatic N) is 5. The molecule has 0 spiro atoms. The molecule has 11 heteroatoms. The van der Waals surface area contributed by atoms with Crippen LogP contribution in [0.2, 0.25) is 0 Å². The van der Waals surface area contributed by atoms with Crippen LogP contribution in [0.4, 0.5) is 13.2 Å². The van der Waals surface area contributed by atoms with E-state index in [0.29, 0.717) is 47.1 Å². The Morgan fingerprint density at radius 2 is 1.88 bits per heavy atom. The van der Waals surface area contributed by atoms with Gasteiger partial charge in [-0.15, -0.1) is 0 Å². The minimum Gasteiger partial charge on any atom is -0.497 e. The summed E-state index contributed by atoms with van der Waals surface area (Å²) in [5, 5.41) is 8.43. The van der Waals surface area contributed by atoms with E-state index in [1.165, 1.54) is 19.2 Å². The third-order valence-corrected chi connectivity index (χ3v) is 7.35. The monoisotopic (exact) mass is 555 g/mol. The fraction of sp³-hybridized carbons (Fsp3) is 0.200. The van der Waals surface area contributed by atoms with Gasteiger partial charge in [0, 0.05) is 60.7 Å². The quantitative estimate of drug-likeness (QED) is 0.253. The van der Waals surface area contributed by atoms with Crippen LogP contribution in [0.1, 0.15) is 12.0 Å². The van der Waals surface area contributed by atoms with Gasteiger partial charge in [-0.2, -0.15) is 5.10 Å². The van der Waals surface area contributed by atoms with Gasteiger partial charge >= 0.3 is 0 Å². The average Bonchev–Trinajstić information content (AvgIpc) is 3.68. The van der Waals surface area contributed by atoms with Gasteiger partial charge in [-0.1, -0.05) is 6.07 Å². The summed E-state index contributed by atoms with van der Waals surface area (Å²) < 4.78 is 46.8. The molecule has 1 aliphatic heterocycles. The summed E-state index contributed by atoms with van der Waals surface area (Å²) in [6.07, 6.45) is 5.00. The molecule has 0 amide bonds. The van der Waals surface area contributed by atoms with Crippen LogP contribution in [0.15, 0.2) is 67.1 Å². The number of rotatable bonds is 6. The lowest BCUT2D eigenvalue weighted by Crippen LogP contribution is -2.24. The number of hydrogen-bond donors (Lipinski definition) is 2. The molecule has 1 aliphatic rings. The predicted octanol–water partition coefficient (Wildman–Crippen LogP) is 6.22. The summed E-state index contributed by atoms with van der Waals surface area (Å²) in [6.45, 7) is 0.550. The van der Waals surface area contributed by atoms with Crippen molar-refractivity contribution in [3.63, 3.8) is 0 Å². The zero-order valence-electron chi connectivity index (χ0n) is 22.0. The lowest BCUT2D eigenvalue weighted by molar-refractivity contribution is 0.0115. The molecule has 2 N–H and O–H groups in total. The van der Waals surface area contributed by atoms with Gasteiger partial charge in [0.05, 0.1) is 30.4 Å². The number of H-pyrrole nitrogens is 2. The third kappa shape index (κ3) is 4.78. The molecule has 0 bridgehead atoms. The number of alkyl halides is 2. The van der Waals surface area contributed by atoms with Gasteiger partial charge in [0.2, 0.25) is 0 Å². The molecule has 0 atom stereocenters. The number of nitrogens with one attached hydrogen (secondary N) is 2. The van der Waals surface area contributed by atoms with E-state index in [9.17, 15) is 13.2 Å². The maximum absolute atomic E-state index is 14.3. The smallest absolute Gasteiger partial charge is 0.261 e. The van der Waals surface area contributed by atoms with Crippen molar-refractivity contribution in [2.24, 2.45) is 0 Å². The average molecular weight is 556 g/mol. The first-order valence-electron chi connectivity index (χ1n) is 13.1. The summed E-state index contributed by atoms with van der Waals surface area (Å²) >= 11 is 0. The number of pyridine rings is 2. The molecule has 41 heavy (non-hydrogen) atoms. The van der Waals surface area contributed by atoms with Crippen LogP contribution in [-0.4, -0.2) is 61.2 Å². The van der Waals surface area contributed by atoms with Gasteiger partial charge in [0.15, 0.2) is 5.82 Å². The second-order valence-corrected chi connectivity index (χ2v) is 10.3. The second kappa shape index (κ2) is 9.70. The molecule has 206 valence electrons. The Hall–Kier alpha value is -4.77. The number of likely N-dealkylation sites (tertiary alicyclic amines) is 1. The number of aromatic nitrogens is 6. The number of benzene rings is 2. The van der Waals surface area contributed by atoms with E-state index in [1.807, 2.05) is 24.3 Å². The Kier molecular flexibility index (Phi) is 5.97. The molecule has 5 heterocycles. The number of imidazole rings is 1.